The van der Waals surface area contributed by atoms with Crippen LogP contribution in [0.1, 0.15) is 56.3 Å². The van der Waals surface area contributed by atoms with Crippen molar-refractivity contribution in [3.8, 4) is 17.1 Å². The van der Waals surface area contributed by atoms with E-state index in [9.17, 15) is 4.79 Å². The van der Waals surface area contributed by atoms with Gasteiger partial charge in [-0.15, -0.1) is 0 Å². The summed E-state index contributed by atoms with van der Waals surface area (Å²) >= 11 is 0. The molecule has 2 bridgehead atoms. The summed E-state index contributed by atoms with van der Waals surface area (Å²) in [6, 6.07) is 15.9. The van der Waals surface area contributed by atoms with Crippen molar-refractivity contribution >= 4 is 5.91 Å². The van der Waals surface area contributed by atoms with Crippen molar-refractivity contribution in [1.29, 1.82) is 0 Å². The van der Waals surface area contributed by atoms with E-state index in [4.69, 9.17) is 9.52 Å². The summed E-state index contributed by atoms with van der Waals surface area (Å²) in [5.74, 6) is 1.58. The van der Waals surface area contributed by atoms with Gasteiger partial charge in [0, 0.05) is 18.7 Å². The summed E-state index contributed by atoms with van der Waals surface area (Å²) in [5, 5.41) is 4.76. The van der Waals surface area contributed by atoms with Crippen molar-refractivity contribution in [1.82, 2.24) is 14.7 Å². The third-order valence-corrected chi connectivity index (χ3v) is 6.60. The highest BCUT2D eigenvalue weighted by atomic mass is 16.3. The van der Waals surface area contributed by atoms with E-state index in [1.54, 1.807) is 4.68 Å². The van der Waals surface area contributed by atoms with Crippen LogP contribution in [0.25, 0.3) is 17.1 Å². The Morgan fingerprint density at radius 1 is 1.10 bits per heavy atom. The van der Waals surface area contributed by atoms with E-state index in [1.807, 2.05) is 55.5 Å². The topological polar surface area (TPSA) is 51.3 Å². The summed E-state index contributed by atoms with van der Waals surface area (Å²) in [5.41, 5.74) is 2.62. The fraction of sp³-hybridized carbons (Fsp3) is 0.440. The standard InChI is InChI=1S/C25H29N3O2/c1-17-10-11-22(30-17)20-12-21(28(26-20)18-8-6-5-7-9-18)23(29)27-16-25(4)14-19(27)13-24(2,3)15-25/h5-12,19H,13-16H2,1-4H3. The molecule has 3 aromatic rings. The lowest BCUT2D eigenvalue weighted by Gasteiger charge is -2.39. The molecular weight excluding hydrogens is 374 g/mol. The highest BCUT2D eigenvalue weighted by molar-refractivity contribution is 5.94. The number of para-hydroxylation sites is 1. The van der Waals surface area contributed by atoms with Crippen molar-refractivity contribution in [3.05, 3.63) is 60.0 Å². The van der Waals surface area contributed by atoms with Crippen molar-refractivity contribution in [3.63, 3.8) is 0 Å². The highest BCUT2D eigenvalue weighted by Crippen LogP contribution is 2.52. The molecule has 1 saturated heterocycles. The molecule has 156 valence electrons. The van der Waals surface area contributed by atoms with Crippen LogP contribution in [-0.2, 0) is 0 Å². The number of hydrogen-bond donors (Lipinski definition) is 0. The van der Waals surface area contributed by atoms with E-state index >= 15 is 0 Å². The Balaban J connectivity index is 1.56. The molecular formula is C25H29N3O2. The first kappa shape index (κ1) is 19.2. The highest BCUT2D eigenvalue weighted by Gasteiger charge is 2.51. The van der Waals surface area contributed by atoms with E-state index in [2.05, 4.69) is 25.7 Å². The number of fused-ring (bicyclic) bond motifs is 2. The molecule has 2 aromatic heterocycles. The van der Waals surface area contributed by atoms with Gasteiger partial charge in [0.25, 0.3) is 5.91 Å². The van der Waals surface area contributed by atoms with Crippen LogP contribution < -0.4 is 0 Å². The number of aromatic nitrogens is 2. The molecule has 2 atom stereocenters. The SMILES string of the molecule is Cc1ccc(-c2cc(C(=O)N3CC4(C)CC3CC(C)(C)C4)n(-c3ccccc3)n2)o1. The van der Waals surface area contributed by atoms with Crippen LogP contribution in [0, 0.1) is 17.8 Å². The number of aryl methyl sites for hydroxylation is 1. The van der Waals surface area contributed by atoms with Crippen molar-refractivity contribution < 1.29 is 9.21 Å². The molecule has 2 fully saturated rings. The van der Waals surface area contributed by atoms with Crippen molar-refractivity contribution in [2.45, 2.75) is 53.0 Å². The fourth-order valence-corrected chi connectivity index (χ4v) is 5.84. The second-order valence-electron chi connectivity index (χ2n) is 10.2. The fourth-order valence-electron chi connectivity index (χ4n) is 5.84. The maximum absolute atomic E-state index is 13.8. The molecule has 5 rings (SSSR count). The van der Waals surface area contributed by atoms with Gasteiger partial charge in [0.2, 0.25) is 0 Å². The monoisotopic (exact) mass is 403 g/mol. The molecule has 1 aliphatic carbocycles. The van der Waals surface area contributed by atoms with Gasteiger partial charge in [-0.05, 0) is 61.3 Å². The molecule has 0 N–H and O–H groups in total. The Morgan fingerprint density at radius 2 is 1.87 bits per heavy atom. The smallest absolute Gasteiger partial charge is 0.272 e. The molecule has 5 heteroatoms. The Hall–Kier alpha value is -2.82. The Labute approximate surface area is 177 Å². The molecule has 3 heterocycles. The van der Waals surface area contributed by atoms with Gasteiger partial charge in [0.15, 0.2) is 5.76 Å². The normalized spacial score (nSPS) is 24.9. The second kappa shape index (κ2) is 6.59. The molecule has 0 radical (unpaired) electrons. The minimum Gasteiger partial charge on any atom is -0.460 e. The third kappa shape index (κ3) is 3.26. The summed E-state index contributed by atoms with van der Waals surface area (Å²) in [4.78, 5) is 15.9. The predicted molar refractivity (Wildman–Crippen MR) is 117 cm³/mol. The lowest BCUT2D eigenvalue weighted by Crippen LogP contribution is -2.38. The maximum Gasteiger partial charge on any atom is 0.272 e. The van der Waals surface area contributed by atoms with Gasteiger partial charge in [-0.2, -0.15) is 5.10 Å². The van der Waals surface area contributed by atoms with Crippen molar-refractivity contribution in [2.24, 2.45) is 10.8 Å². The molecule has 5 nitrogen and oxygen atoms in total. The summed E-state index contributed by atoms with van der Waals surface area (Å²) in [7, 11) is 0. The Morgan fingerprint density at radius 3 is 2.57 bits per heavy atom. The zero-order chi connectivity index (χ0) is 21.1. The van der Waals surface area contributed by atoms with Crippen molar-refractivity contribution in [2.75, 3.05) is 6.54 Å². The number of carbonyl (C=O) groups is 1. The third-order valence-electron chi connectivity index (χ3n) is 6.60. The van der Waals surface area contributed by atoms with Crippen LogP contribution in [0.5, 0.6) is 0 Å². The Bertz CT molecular complexity index is 1090. The summed E-state index contributed by atoms with van der Waals surface area (Å²) < 4.78 is 7.56. The lowest BCUT2D eigenvalue weighted by atomic mass is 9.65. The first-order valence-electron chi connectivity index (χ1n) is 10.8. The predicted octanol–water partition coefficient (Wildman–Crippen LogP) is 5.48. The minimum atomic E-state index is 0.0623. The minimum absolute atomic E-state index is 0.0623. The molecule has 2 unspecified atom stereocenters. The van der Waals surface area contributed by atoms with Gasteiger partial charge in [-0.3, -0.25) is 4.79 Å². The van der Waals surface area contributed by atoms with Gasteiger partial charge in [-0.25, -0.2) is 4.68 Å². The number of hydrogen-bond acceptors (Lipinski definition) is 3. The number of furan rings is 1. The molecule has 1 aromatic carbocycles. The molecule has 1 aliphatic heterocycles. The van der Waals surface area contributed by atoms with E-state index in [0.29, 0.717) is 23.2 Å². The van der Waals surface area contributed by atoms with Crippen LogP contribution in [0.3, 0.4) is 0 Å². The van der Waals surface area contributed by atoms with Gasteiger partial charge in [0.05, 0.1) is 5.69 Å². The molecule has 0 spiro atoms. The average molecular weight is 404 g/mol. The first-order valence-corrected chi connectivity index (χ1v) is 10.8. The zero-order valence-electron chi connectivity index (χ0n) is 18.2. The molecule has 2 aliphatic rings. The quantitative estimate of drug-likeness (QED) is 0.582. The van der Waals surface area contributed by atoms with Crippen LogP contribution in [0.15, 0.2) is 52.9 Å². The number of benzene rings is 1. The van der Waals surface area contributed by atoms with Gasteiger partial charge >= 0.3 is 0 Å². The van der Waals surface area contributed by atoms with E-state index in [0.717, 1.165) is 37.3 Å². The molecule has 30 heavy (non-hydrogen) atoms. The second-order valence-corrected chi connectivity index (χ2v) is 10.2. The van der Waals surface area contributed by atoms with Gasteiger partial charge in [0.1, 0.15) is 17.1 Å². The lowest BCUT2D eigenvalue weighted by molar-refractivity contribution is 0.0699. The van der Waals surface area contributed by atoms with Gasteiger partial charge < -0.3 is 9.32 Å². The van der Waals surface area contributed by atoms with E-state index in [-0.39, 0.29) is 16.7 Å². The number of nitrogens with zero attached hydrogens (tertiary/aromatic N) is 3. The number of carbonyl (C=O) groups excluding carboxylic acids is 1. The maximum atomic E-state index is 13.8. The summed E-state index contributed by atoms with van der Waals surface area (Å²) in [6.07, 6.45) is 3.30. The number of amides is 1. The Kier molecular flexibility index (Phi) is 4.21. The largest absolute Gasteiger partial charge is 0.460 e. The van der Waals surface area contributed by atoms with Crippen LogP contribution in [0.2, 0.25) is 0 Å². The molecule has 1 amide bonds. The van der Waals surface area contributed by atoms with E-state index < -0.39 is 0 Å². The van der Waals surface area contributed by atoms with Crippen LogP contribution in [-0.4, -0.2) is 33.2 Å². The first-order chi connectivity index (χ1) is 14.2. The van der Waals surface area contributed by atoms with Crippen LogP contribution >= 0.6 is 0 Å². The number of rotatable bonds is 3. The number of likely N-dealkylation sites (tertiary alicyclic amines) is 1. The molecule has 1 saturated carbocycles. The summed E-state index contributed by atoms with van der Waals surface area (Å²) in [6.45, 7) is 9.72. The van der Waals surface area contributed by atoms with Crippen LogP contribution in [0.4, 0.5) is 0 Å². The van der Waals surface area contributed by atoms with E-state index in [1.165, 1.54) is 0 Å². The van der Waals surface area contributed by atoms with Gasteiger partial charge in [-0.1, -0.05) is 39.0 Å². The average Bonchev–Trinajstić information content (AvgIpc) is 3.36. The zero-order valence-corrected chi connectivity index (χ0v) is 18.2.